The summed E-state index contributed by atoms with van der Waals surface area (Å²) in [6.45, 7) is 12.7. The highest BCUT2D eigenvalue weighted by Gasteiger charge is 2.37. The first-order chi connectivity index (χ1) is 17.2. The molecule has 3 N–H and O–H groups in total. The second-order valence-corrected chi connectivity index (χ2v) is 10.3. The minimum absolute atomic E-state index is 0.0142. The van der Waals surface area contributed by atoms with Crippen molar-refractivity contribution in [1.29, 1.82) is 0 Å². The van der Waals surface area contributed by atoms with Crippen molar-refractivity contribution in [2.45, 2.75) is 98.6 Å². The van der Waals surface area contributed by atoms with Crippen LogP contribution in [0, 0.1) is 17.8 Å². The summed E-state index contributed by atoms with van der Waals surface area (Å²) in [5.74, 6) is -2.96. The molecule has 1 aromatic carbocycles. The molecule has 9 nitrogen and oxygen atoms in total. The van der Waals surface area contributed by atoms with E-state index in [1.165, 1.54) is 12.1 Å². The van der Waals surface area contributed by atoms with Crippen LogP contribution in [0.25, 0.3) is 0 Å². The quantitative estimate of drug-likeness (QED) is 0.248. The molecule has 208 valence electrons. The first-order valence-electron chi connectivity index (χ1n) is 13.0. The molecule has 9 heteroatoms. The third-order valence-electron chi connectivity index (χ3n) is 6.31. The average molecular weight is 522 g/mol. The third-order valence-corrected chi connectivity index (χ3v) is 6.31. The summed E-state index contributed by atoms with van der Waals surface area (Å²) in [6.07, 6.45) is 1.07. The third kappa shape index (κ3) is 10.5. The van der Waals surface area contributed by atoms with Crippen LogP contribution in [0.2, 0.25) is 0 Å². The average Bonchev–Trinajstić information content (AvgIpc) is 2.82. The second kappa shape index (κ2) is 14.7. The highest BCUT2D eigenvalue weighted by molar-refractivity contribution is 5.80. The van der Waals surface area contributed by atoms with E-state index < -0.39 is 35.5 Å². The van der Waals surface area contributed by atoms with Crippen molar-refractivity contribution in [1.82, 2.24) is 0 Å². The van der Waals surface area contributed by atoms with Gasteiger partial charge in [0.15, 0.2) is 11.5 Å². The van der Waals surface area contributed by atoms with E-state index in [1.54, 1.807) is 26.8 Å². The van der Waals surface area contributed by atoms with Gasteiger partial charge in [0, 0.05) is 19.3 Å². The Bertz CT molecular complexity index is 944. The lowest BCUT2D eigenvalue weighted by atomic mass is 9.86. The van der Waals surface area contributed by atoms with Gasteiger partial charge >= 0.3 is 23.9 Å². The van der Waals surface area contributed by atoms with Crippen LogP contribution in [-0.4, -0.2) is 40.6 Å². The van der Waals surface area contributed by atoms with Crippen LogP contribution in [0.15, 0.2) is 18.2 Å². The lowest BCUT2D eigenvalue weighted by molar-refractivity contribution is -0.153. The minimum atomic E-state index is -1.76. The zero-order valence-electron chi connectivity index (χ0n) is 23.2. The predicted octanol–water partition coefficient (Wildman–Crippen LogP) is 4.67. The fraction of sp³-hybridized carbons (Fsp3) is 0.643. The van der Waals surface area contributed by atoms with Crippen LogP contribution in [0.4, 0.5) is 0 Å². The molecule has 0 fully saturated rings. The van der Waals surface area contributed by atoms with E-state index in [0.29, 0.717) is 30.7 Å². The zero-order valence-corrected chi connectivity index (χ0v) is 23.2. The monoisotopic (exact) mass is 521 g/mol. The van der Waals surface area contributed by atoms with Gasteiger partial charge in [0.25, 0.3) is 0 Å². The van der Waals surface area contributed by atoms with Gasteiger partial charge in [-0.3, -0.25) is 19.2 Å². The van der Waals surface area contributed by atoms with Crippen molar-refractivity contribution in [3.8, 4) is 11.5 Å². The number of rotatable bonds is 15. The first kappa shape index (κ1) is 32.1. The van der Waals surface area contributed by atoms with Crippen molar-refractivity contribution in [2.24, 2.45) is 23.5 Å². The number of nitrogens with two attached hydrogens (primary N) is 1. The van der Waals surface area contributed by atoms with Gasteiger partial charge < -0.3 is 25.1 Å². The summed E-state index contributed by atoms with van der Waals surface area (Å²) in [7, 11) is 0. The number of benzene rings is 1. The van der Waals surface area contributed by atoms with Gasteiger partial charge in [-0.2, -0.15) is 0 Å². The molecule has 1 rings (SSSR count). The lowest BCUT2D eigenvalue weighted by Gasteiger charge is -2.28. The summed E-state index contributed by atoms with van der Waals surface area (Å²) in [5.41, 5.74) is 4.98. The van der Waals surface area contributed by atoms with Crippen LogP contribution < -0.4 is 15.2 Å². The number of carbonyl (C=O) groups is 4. The molecule has 37 heavy (non-hydrogen) atoms. The normalized spacial score (nSPS) is 15.3. The highest BCUT2D eigenvalue weighted by atomic mass is 16.6. The Morgan fingerprint density at radius 2 is 1.46 bits per heavy atom. The maximum atomic E-state index is 12.5. The molecular weight excluding hydrogens is 478 g/mol. The number of carbonyl (C=O) groups excluding carboxylic acids is 3. The van der Waals surface area contributed by atoms with Gasteiger partial charge in [0.2, 0.25) is 0 Å². The Kier molecular flexibility index (Phi) is 12.8. The van der Waals surface area contributed by atoms with Gasteiger partial charge in [-0.1, -0.05) is 47.6 Å². The van der Waals surface area contributed by atoms with Gasteiger partial charge in [0.1, 0.15) is 11.6 Å². The first-order valence-corrected chi connectivity index (χ1v) is 13.0. The molecular formula is C28H43NO8. The van der Waals surface area contributed by atoms with Crippen molar-refractivity contribution in [3.05, 3.63) is 23.8 Å². The van der Waals surface area contributed by atoms with E-state index in [0.717, 1.165) is 0 Å². The molecule has 0 radical (unpaired) electrons. The van der Waals surface area contributed by atoms with Crippen LogP contribution in [-0.2, 0) is 30.3 Å². The summed E-state index contributed by atoms with van der Waals surface area (Å²) in [6, 6.07) is 4.50. The van der Waals surface area contributed by atoms with Gasteiger partial charge in [-0.25, -0.2) is 0 Å². The molecule has 0 heterocycles. The Hall–Kier alpha value is -2.94. The largest absolute Gasteiger partial charge is 0.480 e. The molecule has 4 atom stereocenters. The van der Waals surface area contributed by atoms with Crippen LogP contribution in [0.1, 0.15) is 86.1 Å². The molecule has 0 bridgehead atoms. The minimum Gasteiger partial charge on any atom is -0.480 e. The van der Waals surface area contributed by atoms with Crippen molar-refractivity contribution in [2.75, 3.05) is 0 Å². The predicted molar refractivity (Wildman–Crippen MR) is 139 cm³/mol. The molecule has 0 amide bonds. The highest BCUT2D eigenvalue weighted by Crippen LogP contribution is 2.32. The molecule has 0 aromatic heterocycles. The topological polar surface area (TPSA) is 142 Å². The SMILES string of the molecule is CCC(C)C(=O)Oc1ccc(CC(N)(C[C@H](C)OC(=O)CCC(C)C)C(=O)O)cc1OC(=O)C(C)CC. The molecule has 0 spiro atoms. The van der Waals surface area contributed by atoms with Crippen LogP contribution >= 0.6 is 0 Å². The lowest BCUT2D eigenvalue weighted by Crippen LogP contribution is -2.52. The molecule has 0 aliphatic heterocycles. The fourth-order valence-electron chi connectivity index (χ4n) is 3.42. The van der Waals surface area contributed by atoms with Gasteiger partial charge in [0.05, 0.1) is 11.8 Å². The van der Waals surface area contributed by atoms with E-state index in [2.05, 4.69) is 0 Å². The molecule has 0 aliphatic carbocycles. The molecule has 0 saturated heterocycles. The number of esters is 3. The van der Waals surface area contributed by atoms with Crippen LogP contribution in [0.3, 0.4) is 0 Å². The van der Waals surface area contributed by atoms with E-state index >= 15 is 0 Å². The van der Waals surface area contributed by atoms with E-state index in [4.69, 9.17) is 19.9 Å². The fourth-order valence-corrected chi connectivity index (χ4v) is 3.42. The molecule has 3 unspecified atom stereocenters. The summed E-state index contributed by atoms with van der Waals surface area (Å²) < 4.78 is 16.4. The molecule has 0 saturated carbocycles. The Morgan fingerprint density at radius 3 is 1.95 bits per heavy atom. The number of ether oxygens (including phenoxy) is 3. The van der Waals surface area contributed by atoms with Crippen molar-refractivity contribution >= 4 is 23.9 Å². The zero-order chi connectivity index (χ0) is 28.3. The summed E-state index contributed by atoms with van der Waals surface area (Å²) in [4.78, 5) is 49.1. The summed E-state index contributed by atoms with van der Waals surface area (Å²) >= 11 is 0. The standard InChI is InChI=1S/C28H43NO8/c1-8-18(5)25(31)36-22-12-11-21(14-23(22)37-26(32)19(6)9-2)16-28(29,27(33)34)15-20(7)35-24(30)13-10-17(3)4/h11-12,14,17-20H,8-10,13,15-16,29H2,1-7H3,(H,33,34)/t18?,19?,20-,28?/m0/s1. The van der Waals surface area contributed by atoms with Crippen LogP contribution in [0.5, 0.6) is 11.5 Å². The smallest absolute Gasteiger partial charge is 0.324 e. The number of hydrogen-bond acceptors (Lipinski definition) is 8. The van der Waals surface area contributed by atoms with Crippen molar-refractivity contribution < 1.29 is 38.5 Å². The van der Waals surface area contributed by atoms with E-state index in [1.807, 2.05) is 27.7 Å². The number of aliphatic carboxylic acids is 1. The Morgan fingerprint density at radius 1 is 0.919 bits per heavy atom. The maximum absolute atomic E-state index is 12.5. The van der Waals surface area contributed by atoms with E-state index in [-0.39, 0.29) is 42.6 Å². The van der Waals surface area contributed by atoms with Gasteiger partial charge in [-0.15, -0.1) is 0 Å². The molecule has 0 aliphatic rings. The Balaban J connectivity index is 3.17. The number of carboxylic acids is 1. The molecule has 1 aromatic rings. The number of carboxylic acid groups (broad SMARTS) is 1. The van der Waals surface area contributed by atoms with Gasteiger partial charge in [-0.05, 0) is 49.8 Å². The second-order valence-electron chi connectivity index (χ2n) is 10.3. The van der Waals surface area contributed by atoms with E-state index in [9.17, 15) is 24.3 Å². The summed E-state index contributed by atoms with van der Waals surface area (Å²) in [5, 5.41) is 9.91. The van der Waals surface area contributed by atoms with Crippen molar-refractivity contribution in [3.63, 3.8) is 0 Å². The Labute approximate surface area is 220 Å². The maximum Gasteiger partial charge on any atom is 0.324 e. The number of hydrogen-bond donors (Lipinski definition) is 2.